The molecule has 4 N–H and O–H groups in total. The fraction of sp³-hybridized carbons (Fsp3) is 1.00. The van der Waals surface area contributed by atoms with E-state index in [4.69, 9.17) is 20.4 Å². The van der Waals surface area contributed by atoms with Gasteiger partial charge in [-0.2, -0.15) is 0 Å². The first-order valence-corrected chi connectivity index (χ1v) is 9.14. The Kier molecular flexibility index (Phi) is 24.7. The summed E-state index contributed by atoms with van der Waals surface area (Å²) >= 11 is 0. The fourth-order valence-electron chi connectivity index (χ4n) is 0. The maximum atomic E-state index is 8.83. The first-order valence-electron chi connectivity index (χ1n) is 9.14. The summed E-state index contributed by atoms with van der Waals surface area (Å²) < 4.78 is 0. The van der Waals surface area contributed by atoms with Crippen LogP contribution in [-0.4, -0.2) is 42.8 Å². The third kappa shape index (κ3) is 78.9. The first kappa shape index (κ1) is 36.6. The van der Waals surface area contributed by atoms with E-state index in [2.05, 4.69) is 0 Å². The molecule has 0 aromatic heterocycles. The van der Waals surface area contributed by atoms with Crippen LogP contribution in [0.1, 0.15) is 109 Å². The van der Waals surface area contributed by atoms with E-state index >= 15 is 0 Å². The van der Waals surface area contributed by atoms with Gasteiger partial charge in [0.25, 0.3) is 0 Å². The maximum Gasteiger partial charge on any atom is 0.0589 e. The molecule has 0 aromatic rings. The second-order valence-electron chi connectivity index (χ2n) is 8.66. The van der Waals surface area contributed by atoms with Gasteiger partial charge in [0.05, 0.1) is 22.4 Å². The van der Waals surface area contributed by atoms with Crippen LogP contribution in [0.15, 0.2) is 0 Å². The molecule has 5 heteroatoms. The molecule has 156 valence electrons. The minimum Gasteiger partial charge on any atom is -0.390 e. The quantitative estimate of drug-likeness (QED) is 0.509. The van der Waals surface area contributed by atoms with Gasteiger partial charge in [-0.3, -0.25) is 0 Å². The van der Waals surface area contributed by atoms with Crippen LogP contribution >= 0.6 is 0 Å². The third-order valence-corrected chi connectivity index (χ3v) is 3.46. The summed E-state index contributed by atoms with van der Waals surface area (Å²) in [6.45, 7) is 22.2. The van der Waals surface area contributed by atoms with Crippen molar-refractivity contribution >= 4 is 0 Å². The van der Waals surface area contributed by atoms with E-state index < -0.39 is 22.4 Å². The normalized spacial score (nSPS) is 11.5. The summed E-state index contributed by atoms with van der Waals surface area (Å²) in [6, 6.07) is 0. The molecule has 0 aromatic carbocycles. The van der Waals surface area contributed by atoms with E-state index in [0.29, 0.717) is 0 Å². The number of hydrogen-bond acceptors (Lipinski definition) is 4. The van der Waals surface area contributed by atoms with Crippen LogP contribution < -0.4 is 0 Å². The number of hydrogen-bond donors (Lipinski definition) is 4. The predicted molar refractivity (Wildman–Crippen MR) is 106 cm³/mol. The van der Waals surface area contributed by atoms with Crippen molar-refractivity contribution < 1.29 is 46.6 Å². The summed E-state index contributed by atoms with van der Waals surface area (Å²) in [6.07, 6.45) is 3.31. The van der Waals surface area contributed by atoms with Crippen molar-refractivity contribution in [1.82, 2.24) is 0 Å². The van der Waals surface area contributed by atoms with Gasteiger partial charge in [-0.05, 0) is 81.1 Å². The second kappa shape index (κ2) is 16.9. The third-order valence-electron chi connectivity index (χ3n) is 3.46. The van der Waals surface area contributed by atoms with Crippen molar-refractivity contribution in [2.24, 2.45) is 0 Å². The van der Waals surface area contributed by atoms with Crippen LogP contribution in [0.4, 0.5) is 0 Å². The van der Waals surface area contributed by atoms with Gasteiger partial charge in [0.15, 0.2) is 0 Å². The Labute approximate surface area is 177 Å². The van der Waals surface area contributed by atoms with E-state index in [1.807, 2.05) is 27.7 Å². The van der Waals surface area contributed by atoms with E-state index in [9.17, 15) is 0 Å². The molecule has 4 nitrogen and oxygen atoms in total. The molecular weight excluding hydrogens is 395 g/mol. The van der Waals surface area contributed by atoms with Gasteiger partial charge < -0.3 is 20.4 Å². The van der Waals surface area contributed by atoms with Crippen molar-refractivity contribution in [3.63, 3.8) is 0 Å². The van der Waals surface area contributed by atoms with Gasteiger partial charge in [0.2, 0.25) is 0 Å². The van der Waals surface area contributed by atoms with Crippen molar-refractivity contribution in [3.05, 3.63) is 0 Å². The van der Waals surface area contributed by atoms with Gasteiger partial charge in [-0.25, -0.2) is 0 Å². The van der Waals surface area contributed by atoms with E-state index in [0.717, 1.165) is 25.7 Å². The molecule has 0 radical (unpaired) electrons. The zero-order valence-corrected chi connectivity index (χ0v) is 21.6. The summed E-state index contributed by atoms with van der Waals surface area (Å²) in [4.78, 5) is 0. The Hall–Kier alpha value is 0.723. The molecule has 0 bridgehead atoms. The monoisotopic (exact) mass is 442 g/mol. The van der Waals surface area contributed by atoms with Gasteiger partial charge in [-0.15, -0.1) is 0 Å². The zero-order valence-electron chi connectivity index (χ0n) is 19.1. The van der Waals surface area contributed by atoms with Crippen molar-refractivity contribution in [2.75, 3.05) is 0 Å². The molecule has 0 atom stereocenters. The summed E-state index contributed by atoms with van der Waals surface area (Å²) in [5, 5.41) is 35.3. The van der Waals surface area contributed by atoms with Gasteiger partial charge in [0, 0.05) is 26.2 Å². The van der Waals surface area contributed by atoms with Crippen LogP contribution in [0.3, 0.4) is 0 Å². The molecule has 0 rings (SSSR count). The minimum atomic E-state index is -0.458. The molecule has 0 aliphatic carbocycles. The molecule has 0 heterocycles. The smallest absolute Gasteiger partial charge is 0.0589 e. The molecule has 0 unspecified atom stereocenters. The molecule has 0 saturated heterocycles. The fourth-order valence-corrected chi connectivity index (χ4v) is 0. The average Bonchev–Trinajstić information content (AvgIpc) is 2.37. The number of aliphatic hydroxyl groups is 4. The molecule has 0 saturated carbocycles. The largest absolute Gasteiger partial charge is 0.390 e. The van der Waals surface area contributed by atoms with E-state index in [1.165, 1.54) is 0 Å². The predicted octanol–water partition coefficient (Wildman–Crippen LogP) is 4.67. The van der Waals surface area contributed by atoms with Crippen LogP contribution in [0.2, 0.25) is 0 Å². The van der Waals surface area contributed by atoms with Crippen molar-refractivity contribution in [3.8, 4) is 0 Å². The Morgan fingerprint density at radius 2 is 0.440 bits per heavy atom. The molecular formula is C20H48O4Zr. The minimum absolute atomic E-state index is 0. The molecule has 0 amide bonds. The Bertz CT molecular complexity index is 197. The summed E-state index contributed by atoms with van der Waals surface area (Å²) in [7, 11) is 0. The van der Waals surface area contributed by atoms with Gasteiger partial charge in [0.1, 0.15) is 0 Å². The molecule has 0 spiro atoms. The molecule has 0 aliphatic rings. The molecule has 0 fully saturated rings. The van der Waals surface area contributed by atoms with Gasteiger partial charge in [-0.1, -0.05) is 27.7 Å². The molecule has 25 heavy (non-hydrogen) atoms. The summed E-state index contributed by atoms with van der Waals surface area (Å²) in [5.74, 6) is 0. The Morgan fingerprint density at radius 3 is 0.440 bits per heavy atom. The zero-order chi connectivity index (χ0) is 20.8. The molecule has 0 aliphatic heterocycles. The Balaban J connectivity index is -0.0000000702. The van der Waals surface area contributed by atoms with E-state index in [1.54, 1.807) is 55.4 Å². The van der Waals surface area contributed by atoms with E-state index in [-0.39, 0.29) is 26.2 Å². The van der Waals surface area contributed by atoms with Crippen LogP contribution in [0, 0.1) is 0 Å². The van der Waals surface area contributed by atoms with Crippen LogP contribution in [-0.2, 0) is 26.2 Å². The topological polar surface area (TPSA) is 80.9 Å². The van der Waals surface area contributed by atoms with Crippen LogP contribution in [0.5, 0.6) is 0 Å². The SMILES string of the molecule is CCC(C)(C)O.CCC(C)(C)O.CCC(C)(C)O.CCC(C)(C)O.[Zr]. The van der Waals surface area contributed by atoms with Crippen molar-refractivity contribution in [2.45, 2.75) is 131 Å². The second-order valence-corrected chi connectivity index (χ2v) is 8.66. The Morgan fingerprint density at radius 1 is 0.400 bits per heavy atom. The standard InChI is InChI=1S/4C5H12O.Zr/c4*1-4-5(2,3)6;/h4*6H,4H2,1-3H3;. The van der Waals surface area contributed by atoms with Crippen molar-refractivity contribution in [1.29, 1.82) is 0 Å². The average molecular weight is 444 g/mol. The summed E-state index contributed by atoms with van der Waals surface area (Å²) in [5.41, 5.74) is -1.83. The van der Waals surface area contributed by atoms with Crippen LogP contribution in [0.25, 0.3) is 0 Å². The maximum absolute atomic E-state index is 8.83. The first-order chi connectivity index (χ1) is 10.2. The van der Waals surface area contributed by atoms with Gasteiger partial charge >= 0.3 is 0 Å². The number of rotatable bonds is 4.